The van der Waals surface area contributed by atoms with Crippen LogP contribution in [0.25, 0.3) is 11.0 Å². The van der Waals surface area contributed by atoms with Gasteiger partial charge in [0, 0.05) is 58.3 Å². The van der Waals surface area contributed by atoms with Crippen LogP contribution in [0.4, 0.5) is 11.4 Å². The van der Waals surface area contributed by atoms with Crippen molar-refractivity contribution >= 4 is 34.2 Å². The van der Waals surface area contributed by atoms with Crippen molar-refractivity contribution in [2.45, 2.75) is 47.0 Å². The summed E-state index contributed by atoms with van der Waals surface area (Å²) in [7, 11) is 3.34. The van der Waals surface area contributed by atoms with Crippen molar-refractivity contribution in [2.75, 3.05) is 30.9 Å². The molecule has 0 aliphatic carbocycles. The van der Waals surface area contributed by atoms with E-state index in [-0.39, 0.29) is 17.4 Å². The van der Waals surface area contributed by atoms with E-state index in [4.69, 9.17) is 9.15 Å². The van der Waals surface area contributed by atoms with Gasteiger partial charge in [0.1, 0.15) is 11.0 Å². The summed E-state index contributed by atoms with van der Waals surface area (Å²) in [6.07, 6.45) is 5.12. The van der Waals surface area contributed by atoms with Crippen molar-refractivity contribution in [1.82, 2.24) is 14.5 Å². The minimum atomic E-state index is -1.18. The summed E-state index contributed by atoms with van der Waals surface area (Å²) in [6, 6.07) is 11.4. The lowest BCUT2D eigenvalue weighted by Gasteiger charge is -2.26. The van der Waals surface area contributed by atoms with Crippen molar-refractivity contribution in [3.05, 3.63) is 87.8 Å². The number of benzene rings is 1. The van der Waals surface area contributed by atoms with E-state index in [1.165, 1.54) is 0 Å². The minimum absolute atomic E-state index is 0.0933. The van der Waals surface area contributed by atoms with Crippen molar-refractivity contribution < 1.29 is 18.7 Å². The summed E-state index contributed by atoms with van der Waals surface area (Å²) >= 11 is 0. The number of pyridine rings is 2. The lowest BCUT2D eigenvalue weighted by molar-refractivity contribution is -0.136. The number of aryl methyl sites for hydroxylation is 1. The average molecular weight is 558 g/mol. The molecule has 0 fully saturated rings. The van der Waals surface area contributed by atoms with Crippen LogP contribution in [0.5, 0.6) is 0 Å². The van der Waals surface area contributed by atoms with Crippen LogP contribution in [0.15, 0.2) is 64.3 Å². The Bertz CT molecular complexity index is 1670. The Balaban J connectivity index is 1.46. The number of nitrogens with one attached hydrogen (secondary N) is 1. The zero-order chi connectivity index (χ0) is 29.3. The fourth-order valence-corrected chi connectivity index (χ4v) is 5.26. The largest absolute Gasteiger partial charge is 0.464 e. The van der Waals surface area contributed by atoms with Crippen LogP contribution >= 0.6 is 0 Å². The summed E-state index contributed by atoms with van der Waals surface area (Å²) in [5.74, 6) is -0.605. The Morgan fingerprint density at radius 3 is 2.71 bits per heavy atom. The molecule has 0 bridgehead atoms. The third kappa shape index (κ3) is 5.53. The van der Waals surface area contributed by atoms with Crippen LogP contribution in [0.2, 0.25) is 0 Å². The summed E-state index contributed by atoms with van der Waals surface area (Å²) in [6.45, 7) is 7.73. The van der Waals surface area contributed by atoms with Gasteiger partial charge in [0.25, 0.3) is 5.56 Å². The normalized spacial score (nSPS) is 14.8. The van der Waals surface area contributed by atoms with Crippen LogP contribution in [0.3, 0.4) is 0 Å². The second-order valence-electron chi connectivity index (χ2n) is 11.0. The molecule has 10 nitrogen and oxygen atoms in total. The fraction of sp³-hybridized carbons (Fsp3) is 0.355. The third-order valence-corrected chi connectivity index (χ3v) is 7.67. The highest BCUT2D eigenvalue weighted by Gasteiger charge is 2.41. The van der Waals surface area contributed by atoms with Gasteiger partial charge in [-0.25, -0.2) is 0 Å². The van der Waals surface area contributed by atoms with E-state index < -0.39 is 5.41 Å². The van der Waals surface area contributed by atoms with E-state index >= 15 is 0 Å². The Labute approximate surface area is 238 Å². The molecule has 1 N–H and O–H groups in total. The molecule has 1 aliphatic heterocycles. The quantitative estimate of drug-likeness (QED) is 0.309. The number of fused-ring (bicyclic) bond motifs is 2. The Morgan fingerprint density at radius 2 is 1.93 bits per heavy atom. The van der Waals surface area contributed by atoms with E-state index in [0.29, 0.717) is 55.1 Å². The molecule has 2 amide bonds. The number of carbonyl (C=O) groups is 2. The standard InChI is InChI=1S/C31H35N5O5/c1-20-16-36(28(37)23-10-14-41-27(20)23)13-12-35(18-22-7-6-11-32-25(22)19-40-5)17-21-8-9-24-26(15-21)34(4)30(39)31(2,3)29(38)33-24/h6-11,14-16H,12-13,17-19H2,1-5H3,(H,33,38). The summed E-state index contributed by atoms with van der Waals surface area (Å²) < 4.78 is 12.6. The number of ether oxygens (including phenoxy) is 1. The van der Waals surface area contributed by atoms with Crippen molar-refractivity contribution in [2.24, 2.45) is 5.41 Å². The SMILES string of the molecule is COCc1ncccc1CN(CCn1cc(C)c2occc2c1=O)Cc1ccc2c(c1)N(C)C(=O)C(C)(C)C(=O)N2. The zero-order valence-electron chi connectivity index (χ0n) is 24.1. The second kappa shape index (κ2) is 11.3. The Hall–Kier alpha value is -4.28. The van der Waals surface area contributed by atoms with Crippen molar-refractivity contribution in [3.8, 4) is 0 Å². The molecule has 4 heterocycles. The maximum atomic E-state index is 13.1. The molecule has 1 aliphatic rings. The summed E-state index contributed by atoms with van der Waals surface area (Å²) in [5.41, 5.74) is 4.31. The van der Waals surface area contributed by atoms with Crippen LogP contribution in [-0.2, 0) is 40.6 Å². The molecule has 5 rings (SSSR count). The maximum absolute atomic E-state index is 13.1. The van der Waals surface area contributed by atoms with E-state index in [0.717, 1.165) is 22.4 Å². The average Bonchev–Trinajstić information content (AvgIpc) is 3.44. The lowest BCUT2D eigenvalue weighted by atomic mass is 9.91. The molecule has 0 radical (unpaired) electrons. The zero-order valence-corrected chi connectivity index (χ0v) is 24.1. The smallest absolute Gasteiger partial charge is 0.261 e. The number of anilines is 2. The highest BCUT2D eigenvalue weighted by molar-refractivity contribution is 6.19. The number of rotatable bonds is 9. The van der Waals surface area contributed by atoms with E-state index in [1.54, 1.807) is 56.0 Å². The molecular formula is C31H35N5O5. The first kappa shape index (κ1) is 28.3. The first-order valence-electron chi connectivity index (χ1n) is 13.5. The van der Waals surface area contributed by atoms with Crippen LogP contribution in [-0.4, -0.2) is 47.0 Å². The predicted octanol–water partition coefficient (Wildman–Crippen LogP) is 4.09. The van der Waals surface area contributed by atoms with Gasteiger partial charge in [0.15, 0.2) is 0 Å². The maximum Gasteiger partial charge on any atom is 0.261 e. The van der Waals surface area contributed by atoms with Gasteiger partial charge < -0.3 is 23.9 Å². The number of carbonyl (C=O) groups excluding carboxylic acids is 2. The van der Waals surface area contributed by atoms with Gasteiger partial charge in [0.2, 0.25) is 11.8 Å². The number of aromatic nitrogens is 2. The summed E-state index contributed by atoms with van der Waals surface area (Å²) in [4.78, 5) is 47.2. The summed E-state index contributed by atoms with van der Waals surface area (Å²) in [5, 5.41) is 3.47. The molecule has 41 heavy (non-hydrogen) atoms. The molecule has 10 heteroatoms. The van der Waals surface area contributed by atoms with Gasteiger partial charge in [0.05, 0.1) is 35.3 Å². The molecule has 0 spiro atoms. The third-order valence-electron chi connectivity index (χ3n) is 7.67. The molecule has 0 saturated carbocycles. The number of nitrogens with zero attached hydrogens (tertiary/aromatic N) is 4. The van der Waals surface area contributed by atoms with Crippen molar-refractivity contribution in [1.29, 1.82) is 0 Å². The minimum Gasteiger partial charge on any atom is -0.464 e. The van der Waals surface area contributed by atoms with Gasteiger partial charge in [-0.1, -0.05) is 12.1 Å². The Kier molecular flexibility index (Phi) is 7.79. The van der Waals surface area contributed by atoms with E-state index in [9.17, 15) is 14.4 Å². The highest BCUT2D eigenvalue weighted by atomic mass is 16.5. The van der Waals surface area contributed by atoms with Gasteiger partial charge in [-0.05, 0) is 56.2 Å². The number of hydrogen-bond acceptors (Lipinski definition) is 7. The van der Waals surface area contributed by atoms with Gasteiger partial charge in [-0.15, -0.1) is 0 Å². The molecular weight excluding hydrogens is 522 g/mol. The lowest BCUT2D eigenvalue weighted by Crippen LogP contribution is -2.43. The predicted molar refractivity (Wildman–Crippen MR) is 157 cm³/mol. The number of methoxy groups -OCH3 is 1. The first-order chi connectivity index (χ1) is 19.6. The monoisotopic (exact) mass is 557 g/mol. The molecule has 4 aromatic rings. The molecule has 1 aromatic carbocycles. The van der Waals surface area contributed by atoms with Crippen LogP contribution in [0, 0.1) is 12.3 Å². The molecule has 3 aromatic heterocycles. The van der Waals surface area contributed by atoms with Crippen molar-refractivity contribution in [3.63, 3.8) is 0 Å². The Morgan fingerprint density at radius 1 is 1.12 bits per heavy atom. The van der Waals surface area contributed by atoms with Crippen LogP contribution in [0.1, 0.15) is 36.2 Å². The second-order valence-corrected chi connectivity index (χ2v) is 11.0. The molecule has 0 saturated heterocycles. The topological polar surface area (TPSA) is 110 Å². The fourth-order valence-electron chi connectivity index (χ4n) is 5.26. The number of hydrogen-bond donors (Lipinski definition) is 1. The van der Waals surface area contributed by atoms with Crippen LogP contribution < -0.4 is 15.8 Å². The molecule has 0 unspecified atom stereocenters. The van der Waals surface area contributed by atoms with E-state index in [1.807, 2.05) is 43.5 Å². The molecule has 0 atom stereocenters. The highest BCUT2D eigenvalue weighted by Crippen LogP contribution is 2.35. The van der Waals surface area contributed by atoms with Gasteiger partial charge in [-0.3, -0.25) is 24.3 Å². The van der Waals surface area contributed by atoms with Gasteiger partial charge in [-0.2, -0.15) is 0 Å². The van der Waals surface area contributed by atoms with E-state index in [2.05, 4.69) is 15.2 Å². The number of amides is 2. The van der Waals surface area contributed by atoms with Gasteiger partial charge >= 0.3 is 0 Å². The number of furan rings is 1. The molecule has 214 valence electrons. The first-order valence-corrected chi connectivity index (χ1v) is 13.5.